The third-order valence-corrected chi connectivity index (χ3v) is 5.21. The van der Waals surface area contributed by atoms with Gasteiger partial charge in [-0.2, -0.15) is 0 Å². The van der Waals surface area contributed by atoms with Crippen LogP contribution in [0.3, 0.4) is 0 Å². The molecule has 16 heavy (non-hydrogen) atoms. The second-order valence-corrected chi connectivity index (χ2v) is 8.02. The van der Waals surface area contributed by atoms with E-state index in [9.17, 15) is 8.42 Å². The van der Waals surface area contributed by atoms with Crippen LogP contribution in [-0.4, -0.2) is 39.3 Å². The highest BCUT2D eigenvalue weighted by Crippen LogP contribution is 2.27. The molecule has 2 rings (SSSR count). The van der Waals surface area contributed by atoms with Gasteiger partial charge >= 0.3 is 0 Å². The molecule has 2 heterocycles. The van der Waals surface area contributed by atoms with E-state index >= 15 is 0 Å². The largest absolute Gasteiger partial charge is 0.362 e. The Balaban J connectivity index is 1.94. The van der Waals surface area contributed by atoms with Gasteiger partial charge in [-0.3, -0.25) is 5.32 Å². The van der Waals surface area contributed by atoms with Gasteiger partial charge in [0, 0.05) is 17.9 Å². The summed E-state index contributed by atoms with van der Waals surface area (Å²) < 4.78 is 28.8. The topological polar surface area (TPSA) is 55.4 Å². The molecule has 5 heteroatoms. The van der Waals surface area contributed by atoms with Crippen molar-refractivity contribution in [3.63, 3.8) is 0 Å². The van der Waals surface area contributed by atoms with Gasteiger partial charge in [0.1, 0.15) is 6.23 Å². The zero-order valence-corrected chi connectivity index (χ0v) is 10.8. The first-order valence-electron chi connectivity index (χ1n) is 5.93. The van der Waals surface area contributed by atoms with Crippen molar-refractivity contribution in [2.45, 2.75) is 32.9 Å². The molecule has 0 saturated carbocycles. The van der Waals surface area contributed by atoms with E-state index in [0.717, 1.165) is 19.4 Å². The SMILES string of the molecule is CC1(C)CNC(C2CCCS(=O)(=O)C2)OC1. The fraction of sp³-hybridized carbons (Fsp3) is 1.00. The quantitative estimate of drug-likeness (QED) is 0.744. The van der Waals surface area contributed by atoms with Gasteiger partial charge in [-0.1, -0.05) is 13.8 Å². The molecule has 0 spiro atoms. The van der Waals surface area contributed by atoms with Crippen LogP contribution < -0.4 is 5.32 Å². The third kappa shape index (κ3) is 2.96. The van der Waals surface area contributed by atoms with Crippen LogP contribution in [0.15, 0.2) is 0 Å². The minimum absolute atomic E-state index is 0.0666. The minimum Gasteiger partial charge on any atom is -0.362 e. The summed E-state index contributed by atoms with van der Waals surface area (Å²) in [6.07, 6.45) is 1.66. The van der Waals surface area contributed by atoms with E-state index < -0.39 is 9.84 Å². The van der Waals surface area contributed by atoms with E-state index in [0.29, 0.717) is 12.4 Å². The lowest BCUT2D eigenvalue weighted by molar-refractivity contribution is -0.0827. The second kappa shape index (κ2) is 4.27. The van der Waals surface area contributed by atoms with Gasteiger partial charge in [-0.05, 0) is 12.8 Å². The highest BCUT2D eigenvalue weighted by atomic mass is 32.2. The van der Waals surface area contributed by atoms with Crippen LogP contribution in [0.2, 0.25) is 0 Å². The van der Waals surface area contributed by atoms with E-state index in [-0.39, 0.29) is 23.3 Å². The third-order valence-electron chi connectivity index (χ3n) is 3.36. The molecule has 94 valence electrons. The first-order chi connectivity index (χ1) is 7.38. The molecule has 0 aromatic carbocycles. The van der Waals surface area contributed by atoms with Gasteiger partial charge in [-0.15, -0.1) is 0 Å². The molecule has 2 saturated heterocycles. The van der Waals surface area contributed by atoms with E-state index in [2.05, 4.69) is 19.2 Å². The fourth-order valence-electron chi connectivity index (χ4n) is 2.40. The Labute approximate surface area is 97.7 Å². The molecule has 2 unspecified atom stereocenters. The van der Waals surface area contributed by atoms with E-state index in [1.165, 1.54) is 0 Å². The minimum atomic E-state index is -2.83. The summed E-state index contributed by atoms with van der Waals surface area (Å²) in [4.78, 5) is 0. The van der Waals surface area contributed by atoms with E-state index in [1.807, 2.05) is 0 Å². The number of nitrogens with one attached hydrogen (secondary N) is 1. The predicted octanol–water partition coefficient (Wildman–Crippen LogP) is 0.783. The number of sulfone groups is 1. The maximum atomic E-state index is 11.5. The first-order valence-corrected chi connectivity index (χ1v) is 7.76. The Morgan fingerprint density at radius 2 is 2.12 bits per heavy atom. The number of ether oxygens (including phenoxy) is 1. The van der Waals surface area contributed by atoms with Gasteiger partial charge in [0.15, 0.2) is 9.84 Å². The Hall–Kier alpha value is -0.130. The summed E-state index contributed by atoms with van der Waals surface area (Å²) in [6.45, 7) is 5.90. The van der Waals surface area contributed by atoms with Gasteiger partial charge in [-0.25, -0.2) is 8.42 Å². The van der Waals surface area contributed by atoms with Crippen molar-refractivity contribution >= 4 is 9.84 Å². The lowest BCUT2D eigenvalue weighted by atomic mass is 9.92. The number of hydrogen-bond acceptors (Lipinski definition) is 4. The standard InChI is InChI=1S/C11H21NO3S/c1-11(2)7-12-10(15-8-11)9-4-3-5-16(13,14)6-9/h9-10,12H,3-8H2,1-2H3. The Bertz CT molecular complexity index is 340. The van der Waals surface area contributed by atoms with E-state index in [1.54, 1.807) is 0 Å². The molecule has 0 bridgehead atoms. The molecular weight excluding hydrogens is 226 g/mol. The van der Waals surface area contributed by atoms with Crippen molar-refractivity contribution in [1.82, 2.24) is 5.32 Å². The zero-order valence-electron chi connectivity index (χ0n) is 10.0. The van der Waals surface area contributed by atoms with Gasteiger partial charge < -0.3 is 4.74 Å². The molecule has 2 fully saturated rings. The summed E-state index contributed by atoms with van der Waals surface area (Å²) >= 11 is 0. The molecule has 2 aliphatic heterocycles. The lowest BCUT2D eigenvalue weighted by Gasteiger charge is -2.39. The summed E-state index contributed by atoms with van der Waals surface area (Å²) in [5, 5.41) is 3.33. The van der Waals surface area contributed by atoms with Crippen LogP contribution in [0.4, 0.5) is 0 Å². The fourth-order valence-corrected chi connectivity index (χ4v) is 4.17. The first kappa shape index (κ1) is 12.3. The lowest BCUT2D eigenvalue weighted by Crippen LogP contribution is -2.53. The Morgan fingerprint density at radius 3 is 2.69 bits per heavy atom. The zero-order chi connectivity index (χ0) is 11.8. The molecule has 0 radical (unpaired) electrons. The van der Waals surface area contributed by atoms with Crippen LogP contribution in [0.1, 0.15) is 26.7 Å². The van der Waals surface area contributed by atoms with E-state index in [4.69, 9.17) is 4.74 Å². The molecule has 4 nitrogen and oxygen atoms in total. The highest BCUT2D eigenvalue weighted by molar-refractivity contribution is 7.91. The maximum absolute atomic E-state index is 11.5. The smallest absolute Gasteiger partial charge is 0.150 e. The van der Waals surface area contributed by atoms with Crippen molar-refractivity contribution in [3.05, 3.63) is 0 Å². The van der Waals surface area contributed by atoms with Crippen LogP contribution in [-0.2, 0) is 14.6 Å². The Kier molecular flexibility index (Phi) is 3.29. The molecular formula is C11H21NO3S. The average molecular weight is 247 g/mol. The van der Waals surface area contributed by atoms with Crippen molar-refractivity contribution in [2.24, 2.45) is 11.3 Å². The van der Waals surface area contributed by atoms with Gasteiger partial charge in [0.2, 0.25) is 0 Å². The molecule has 2 aliphatic rings. The van der Waals surface area contributed by atoms with Crippen molar-refractivity contribution in [1.29, 1.82) is 0 Å². The summed E-state index contributed by atoms with van der Waals surface area (Å²) in [5.74, 6) is 0.766. The van der Waals surface area contributed by atoms with Crippen molar-refractivity contribution < 1.29 is 13.2 Å². The highest BCUT2D eigenvalue weighted by Gasteiger charge is 2.35. The van der Waals surface area contributed by atoms with Crippen molar-refractivity contribution in [3.8, 4) is 0 Å². The van der Waals surface area contributed by atoms with Gasteiger partial charge in [0.05, 0.1) is 18.1 Å². The molecule has 0 amide bonds. The number of rotatable bonds is 1. The monoisotopic (exact) mass is 247 g/mol. The summed E-state index contributed by atoms with van der Waals surface area (Å²) in [5.41, 5.74) is 0.157. The number of hydrogen-bond donors (Lipinski definition) is 1. The normalized spacial score (nSPS) is 38.1. The average Bonchev–Trinajstić information content (AvgIpc) is 2.16. The van der Waals surface area contributed by atoms with Gasteiger partial charge in [0.25, 0.3) is 0 Å². The van der Waals surface area contributed by atoms with Crippen LogP contribution >= 0.6 is 0 Å². The summed E-state index contributed by atoms with van der Waals surface area (Å²) in [6, 6.07) is 0. The molecule has 0 aromatic heterocycles. The Morgan fingerprint density at radius 1 is 1.38 bits per heavy atom. The maximum Gasteiger partial charge on any atom is 0.150 e. The molecule has 1 N–H and O–H groups in total. The molecule has 0 aromatic rings. The summed E-state index contributed by atoms with van der Waals surface area (Å²) in [7, 11) is -2.83. The molecule has 2 atom stereocenters. The predicted molar refractivity (Wildman–Crippen MR) is 62.9 cm³/mol. The molecule has 0 aliphatic carbocycles. The van der Waals surface area contributed by atoms with Crippen LogP contribution in [0.5, 0.6) is 0 Å². The second-order valence-electron chi connectivity index (χ2n) is 5.79. The van der Waals surface area contributed by atoms with Crippen molar-refractivity contribution in [2.75, 3.05) is 24.7 Å². The van der Waals surface area contributed by atoms with Crippen LogP contribution in [0.25, 0.3) is 0 Å². The van der Waals surface area contributed by atoms with Crippen LogP contribution in [0, 0.1) is 11.3 Å².